The molecule has 2 aliphatic rings. The Bertz CT molecular complexity index is 522. The predicted octanol–water partition coefficient (Wildman–Crippen LogP) is 2.05. The normalized spacial score (nSPS) is 24.8. The Morgan fingerprint density at radius 2 is 2.11 bits per heavy atom. The number of amides is 1. The van der Waals surface area contributed by atoms with Crippen LogP contribution in [0.15, 0.2) is 24.3 Å². The lowest BCUT2D eigenvalue weighted by Crippen LogP contribution is -2.25. The van der Waals surface area contributed by atoms with Crippen LogP contribution >= 0.6 is 0 Å². The molecule has 0 bridgehead atoms. The first-order valence-corrected chi connectivity index (χ1v) is 6.75. The SMILES string of the molecule is O=C(O)c1cccc(CNC(=O)[C@H]2C[C@H]2C2CC2)c1. The van der Waals surface area contributed by atoms with Gasteiger partial charge in [-0.25, -0.2) is 4.79 Å². The Morgan fingerprint density at radius 3 is 2.79 bits per heavy atom. The summed E-state index contributed by atoms with van der Waals surface area (Å²) in [5, 5.41) is 11.8. The lowest BCUT2D eigenvalue weighted by atomic mass is 10.1. The van der Waals surface area contributed by atoms with Crippen LogP contribution < -0.4 is 5.32 Å². The monoisotopic (exact) mass is 259 g/mol. The maximum Gasteiger partial charge on any atom is 0.335 e. The van der Waals surface area contributed by atoms with Crippen LogP contribution in [0.3, 0.4) is 0 Å². The minimum absolute atomic E-state index is 0.123. The highest BCUT2D eigenvalue weighted by molar-refractivity contribution is 5.87. The summed E-state index contributed by atoms with van der Waals surface area (Å²) in [7, 11) is 0. The molecule has 1 amide bonds. The molecular formula is C15H17NO3. The zero-order chi connectivity index (χ0) is 13.4. The highest BCUT2D eigenvalue weighted by Gasteiger charge is 2.50. The van der Waals surface area contributed by atoms with E-state index in [9.17, 15) is 9.59 Å². The second-order valence-electron chi connectivity index (χ2n) is 5.57. The molecule has 2 fully saturated rings. The lowest BCUT2D eigenvalue weighted by Gasteiger charge is -2.06. The van der Waals surface area contributed by atoms with Crippen LogP contribution in [0, 0.1) is 17.8 Å². The van der Waals surface area contributed by atoms with Crippen LogP contribution in [0.1, 0.15) is 35.2 Å². The number of carbonyl (C=O) groups is 2. The third kappa shape index (κ3) is 2.78. The van der Waals surface area contributed by atoms with E-state index in [4.69, 9.17) is 5.11 Å². The van der Waals surface area contributed by atoms with Gasteiger partial charge in [0.25, 0.3) is 0 Å². The van der Waals surface area contributed by atoms with E-state index in [0.29, 0.717) is 12.5 Å². The van der Waals surface area contributed by atoms with Crippen molar-refractivity contribution in [2.45, 2.75) is 25.8 Å². The van der Waals surface area contributed by atoms with Crippen molar-refractivity contribution < 1.29 is 14.7 Å². The molecule has 2 saturated carbocycles. The molecular weight excluding hydrogens is 242 g/mol. The van der Waals surface area contributed by atoms with Crippen molar-refractivity contribution in [3.63, 3.8) is 0 Å². The molecule has 0 aromatic heterocycles. The summed E-state index contributed by atoms with van der Waals surface area (Å²) in [5.41, 5.74) is 1.09. The number of hydrogen-bond donors (Lipinski definition) is 2. The Hall–Kier alpha value is -1.84. The molecule has 0 saturated heterocycles. The first-order chi connectivity index (χ1) is 9.15. The minimum Gasteiger partial charge on any atom is -0.478 e. The van der Waals surface area contributed by atoms with E-state index in [1.807, 2.05) is 6.07 Å². The van der Waals surface area contributed by atoms with Gasteiger partial charge in [0.15, 0.2) is 0 Å². The number of benzene rings is 1. The Balaban J connectivity index is 1.53. The molecule has 100 valence electrons. The molecule has 0 radical (unpaired) electrons. The van der Waals surface area contributed by atoms with Crippen molar-refractivity contribution in [2.75, 3.05) is 0 Å². The lowest BCUT2D eigenvalue weighted by molar-refractivity contribution is -0.122. The summed E-state index contributed by atoms with van der Waals surface area (Å²) in [6.45, 7) is 0.411. The number of carboxylic acids is 1. The van der Waals surface area contributed by atoms with Gasteiger partial charge in [0.05, 0.1) is 5.56 Å². The second kappa shape index (κ2) is 4.68. The first kappa shape index (κ1) is 12.2. The van der Waals surface area contributed by atoms with Crippen LogP contribution in [0.2, 0.25) is 0 Å². The van der Waals surface area contributed by atoms with E-state index >= 15 is 0 Å². The van der Waals surface area contributed by atoms with Gasteiger partial charge in [-0.1, -0.05) is 12.1 Å². The van der Waals surface area contributed by atoms with E-state index in [1.54, 1.807) is 18.2 Å². The van der Waals surface area contributed by atoms with Gasteiger partial charge in [0, 0.05) is 12.5 Å². The van der Waals surface area contributed by atoms with E-state index in [1.165, 1.54) is 12.8 Å². The number of carbonyl (C=O) groups excluding carboxylic acids is 1. The average molecular weight is 259 g/mol. The van der Waals surface area contributed by atoms with Crippen molar-refractivity contribution in [1.29, 1.82) is 0 Å². The molecule has 0 unspecified atom stereocenters. The predicted molar refractivity (Wildman–Crippen MR) is 69.6 cm³/mol. The molecule has 1 aromatic rings. The molecule has 2 atom stereocenters. The third-order valence-corrected chi connectivity index (χ3v) is 4.04. The fraction of sp³-hybridized carbons (Fsp3) is 0.467. The fourth-order valence-corrected chi connectivity index (χ4v) is 2.70. The molecule has 0 aliphatic heterocycles. The van der Waals surface area contributed by atoms with Crippen molar-refractivity contribution in [3.05, 3.63) is 35.4 Å². The molecule has 4 heteroatoms. The highest BCUT2D eigenvalue weighted by Crippen LogP contribution is 2.54. The van der Waals surface area contributed by atoms with Crippen molar-refractivity contribution in [2.24, 2.45) is 17.8 Å². The van der Waals surface area contributed by atoms with Crippen LogP contribution in [-0.2, 0) is 11.3 Å². The Labute approximate surface area is 111 Å². The van der Waals surface area contributed by atoms with Gasteiger partial charge in [-0.2, -0.15) is 0 Å². The van der Waals surface area contributed by atoms with Crippen LogP contribution in [0.25, 0.3) is 0 Å². The molecule has 4 nitrogen and oxygen atoms in total. The summed E-state index contributed by atoms with van der Waals surface area (Å²) in [6.07, 6.45) is 3.61. The van der Waals surface area contributed by atoms with E-state index in [-0.39, 0.29) is 17.4 Å². The van der Waals surface area contributed by atoms with Gasteiger partial charge >= 0.3 is 5.97 Å². The van der Waals surface area contributed by atoms with Crippen molar-refractivity contribution in [3.8, 4) is 0 Å². The van der Waals surface area contributed by atoms with E-state index < -0.39 is 5.97 Å². The van der Waals surface area contributed by atoms with Crippen LogP contribution in [0.5, 0.6) is 0 Å². The molecule has 19 heavy (non-hydrogen) atoms. The number of rotatable bonds is 5. The maximum absolute atomic E-state index is 11.9. The zero-order valence-corrected chi connectivity index (χ0v) is 10.6. The molecule has 3 rings (SSSR count). The van der Waals surface area contributed by atoms with E-state index in [0.717, 1.165) is 17.9 Å². The third-order valence-electron chi connectivity index (χ3n) is 4.04. The number of aromatic carboxylic acids is 1. The van der Waals surface area contributed by atoms with Gasteiger partial charge in [-0.05, 0) is 48.8 Å². The van der Waals surface area contributed by atoms with Crippen molar-refractivity contribution >= 4 is 11.9 Å². The van der Waals surface area contributed by atoms with Crippen LogP contribution in [0.4, 0.5) is 0 Å². The van der Waals surface area contributed by atoms with Gasteiger partial charge in [0.2, 0.25) is 5.91 Å². The summed E-state index contributed by atoms with van der Waals surface area (Å²) in [4.78, 5) is 22.8. The minimum atomic E-state index is -0.941. The number of nitrogens with one attached hydrogen (secondary N) is 1. The number of carboxylic acid groups (broad SMARTS) is 1. The molecule has 1 aromatic carbocycles. The van der Waals surface area contributed by atoms with E-state index in [2.05, 4.69) is 5.32 Å². The maximum atomic E-state index is 11.9. The highest BCUT2D eigenvalue weighted by atomic mass is 16.4. The Morgan fingerprint density at radius 1 is 1.32 bits per heavy atom. The molecule has 2 N–H and O–H groups in total. The van der Waals surface area contributed by atoms with Gasteiger partial charge in [-0.15, -0.1) is 0 Å². The summed E-state index contributed by atoms with van der Waals surface area (Å²) in [6, 6.07) is 6.69. The molecule has 0 spiro atoms. The smallest absolute Gasteiger partial charge is 0.335 e. The second-order valence-corrected chi connectivity index (χ2v) is 5.57. The summed E-state index contributed by atoms with van der Waals surface area (Å²) < 4.78 is 0. The average Bonchev–Trinajstić information content (AvgIpc) is 3.27. The quantitative estimate of drug-likeness (QED) is 0.850. The zero-order valence-electron chi connectivity index (χ0n) is 10.6. The Kier molecular flexibility index (Phi) is 3.01. The van der Waals surface area contributed by atoms with Gasteiger partial charge in [0.1, 0.15) is 0 Å². The van der Waals surface area contributed by atoms with Gasteiger partial charge < -0.3 is 10.4 Å². The molecule has 2 aliphatic carbocycles. The van der Waals surface area contributed by atoms with Crippen molar-refractivity contribution in [1.82, 2.24) is 5.32 Å². The van der Waals surface area contributed by atoms with Gasteiger partial charge in [-0.3, -0.25) is 4.79 Å². The molecule has 0 heterocycles. The summed E-state index contributed by atoms with van der Waals surface area (Å²) in [5.74, 6) is 0.799. The standard InChI is InChI=1S/C15H17NO3/c17-14(13-7-12(13)10-4-5-10)16-8-9-2-1-3-11(6-9)15(18)19/h1-3,6,10,12-13H,4-5,7-8H2,(H,16,17)(H,18,19)/t12-,13-/m0/s1. The largest absolute Gasteiger partial charge is 0.478 e. The van der Waals surface area contributed by atoms with Crippen LogP contribution in [-0.4, -0.2) is 17.0 Å². The summed E-state index contributed by atoms with van der Waals surface area (Å²) >= 11 is 0. The fourth-order valence-electron chi connectivity index (χ4n) is 2.70. The first-order valence-electron chi connectivity index (χ1n) is 6.75. The topological polar surface area (TPSA) is 66.4 Å². The number of hydrogen-bond acceptors (Lipinski definition) is 2.